The van der Waals surface area contributed by atoms with Crippen molar-refractivity contribution in [3.63, 3.8) is 0 Å². The van der Waals surface area contributed by atoms with Crippen molar-refractivity contribution in [2.45, 2.75) is 13.5 Å². The number of halogens is 1. The lowest BCUT2D eigenvalue weighted by Crippen LogP contribution is -2.28. The van der Waals surface area contributed by atoms with Crippen molar-refractivity contribution in [3.8, 4) is 0 Å². The van der Waals surface area contributed by atoms with E-state index in [0.29, 0.717) is 6.54 Å². The van der Waals surface area contributed by atoms with Crippen LogP contribution in [0.3, 0.4) is 0 Å². The quantitative estimate of drug-likeness (QED) is 0.707. The Labute approximate surface area is 143 Å². The van der Waals surface area contributed by atoms with E-state index in [9.17, 15) is 4.79 Å². The molecule has 2 amide bonds. The highest BCUT2D eigenvalue weighted by Gasteiger charge is 2.06. The predicted molar refractivity (Wildman–Crippen MR) is 96.5 cm³/mol. The van der Waals surface area contributed by atoms with Crippen LogP contribution in [0, 0.1) is 6.92 Å². The van der Waals surface area contributed by atoms with Crippen LogP contribution in [-0.4, -0.2) is 11.0 Å². The first-order valence-corrected chi connectivity index (χ1v) is 8.05. The summed E-state index contributed by atoms with van der Waals surface area (Å²) in [5.41, 5.74) is 2.98. The van der Waals surface area contributed by atoms with Crippen LogP contribution in [0.5, 0.6) is 0 Å². The molecular weight excluding hydrogens is 354 g/mol. The molecule has 1 aromatic heterocycles. The zero-order valence-corrected chi connectivity index (χ0v) is 14.2. The molecule has 5 heteroatoms. The highest BCUT2D eigenvalue weighted by atomic mass is 79.9. The van der Waals surface area contributed by atoms with Gasteiger partial charge in [0.05, 0.1) is 5.69 Å². The summed E-state index contributed by atoms with van der Waals surface area (Å²) in [5, 5.41) is 7.74. The maximum atomic E-state index is 12.1. The van der Waals surface area contributed by atoms with Gasteiger partial charge in [-0.05, 0) is 36.2 Å². The lowest BCUT2D eigenvalue weighted by Gasteiger charge is -2.10. The minimum absolute atomic E-state index is 0.227. The van der Waals surface area contributed by atoms with Gasteiger partial charge in [0.2, 0.25) is 0 Å². The molecule has 0 fully saturated rings. The van der Waals surface area contributed by atoms with Crippen LogP contribution in [0.4, 0.5) is 10.5 Å². The van der Waals surface area contributed by atoms with Crippen molar-refractivity contribution in [3.05, 3.63) is 70.5 Å². The van der Waals surface area contributed by atoms with E-state index in [4.69, 9.17) is 0 Å². The molecule has 2 N–H and O–H groups in total. The summed E-state index contributed by atoms with van der Waals surface area (Å²) >= 11 is 3.47. The van der Waals surface area contributed by atoms with Gasteiger partial charge in [-0.2, -0.15) is 0 Å². The van der Waals surface area contributed by atoms with Gasteiger partial charge in [-0.15, -0.1) is 0 Å². The predicted octanol–water partition coefficient (Wildman–Crippen LogP) is 4.63. The Kier molecular flexibility index (Phi) is 4.57. The summed E-state index contributed by atoms with van der Waals surface area (Å²) in [6.45, 7) is 2.50. The van der Waals surface area contributed by atoms with Crippen LogP contribution >= 0.6 is 15.9 Å². The monoisotopic (exact) mass is 369 g/mol. The molecule has 23 heavy (non-hydrogen) atoms. The van der Waals surface area contributed by atoms with Crippen LogP contribution in [0.1, 0.15) is 11.1 Å². The topological polar surface area (TPSA) is 54.0 Å². The summed E-state index contributed by atoms with van der Waals surface area (Å²) in [6.07, 6.45) is 3.50. The number of aryl methyl sites for hydroxylation is 1. The van der Waals surface area contributed by atoms with Crippen molar-refractivity contribution in [2.24, 2.45) is 0 Å². The second kappa shape index (κ2) is 6.79. The van der Waals surface area contributed by atoms with Crippen molar-refractivity contribution in [1.82, 2.24) is 10.3 Å². The molecule has 3 aromatic rings. The molecule has 0 aliphatic carbocycles. The van der Waals surface area contributed by atoms with E-state index in [1.54, 1.807) is 12.4 Å². The summed E-state index contributed by atoms with van der Waals surface area (Å²) in [4.78, 5) is 16.2. The number of carbonyl (C=O) groups is 1. The van der Waals surface area contributed by atoms with Gasteiger partial charge in [-0.25, -0.2) is 4.79 Å². The Morgan fingerprint density at radius 1 is 1.22 bits per heavy atom. The molecule has 0 aliphatic heterocycles. The van der Waals surface area contributed by atoms with Crippen molar-refractivity contribution >= 4 is 38.4 Å². The summed E-state index contributed by atoms with van der Waals surface area (Å²) < 4.78 is 1.06. The lowest BCUT2D eigenvalue weighted by atomic mass is 10.1. The number of fused-ring (bicyclic) bond motifs is 1. The molecule has 0 radical (unpaired) electrons. The minimum atomic E-state index is -0.227. The van der Waals surface area contributed by atoms with E-state index in [2.05, 4.69) is 31.5 Å². The van der Waals surface area contributed by atoms with Gasteiger partial charge >= 0.3 is 6.03 Å². The Hall–Kier alpha value is -2.40. The molecule has 0 saturated heterocycles. The van der Waals surface area contributed by atoms with E-state index in [1.807, 2.05) is 49.4 Å². The van der Waals surface area contributed by atoms with Gasteiger partial charge in [0.25, 0.3) is 0 Å². The van der Waals surface area contributed by atoms with Gasteiger partial charge in [-0.1, -0.05) is 40.2 Å². The third kappa shape index (κ3) is 3.68. The third-order valence-electron chi connectivity index (χ3n) is 3.60. The maximum absolute atomic E-state index is 12.1. The molecule has 0 spiro atoms. The number of nitrogens with one attached hydrogen (secondary N) is 2. The molecule has 0 saturated carbocycles. The first-order chi connectivity index (χ1) is 11.1. The number of rotatable bonds is 3. The van der Waals surface area contributed by atoms with Crippen LogP contribution in [-0.2, 0) is 6.54 Å². The zero-order chi connectivity index (χ0) is 16.2. The number of amides is 2. The number of benzene rings is 2. The molecular formula is C18H16BrN3O. The maximum Gasteiger partial charge on any atom is 0.319 e. The van der Waals surface area contributed by atoms with Crippen LogP contribution in [0.2, 0.25) is 0 Å². The normalized spacial score (nSPS) is 10.5. The number of pyridine rings is 1. The van der Waals surface area contributed by atoms with Gasteiger partial charge in [-0.3, -0.25) is 4.98 Å². The first kappa shape index (κ1) is 15.5. The van der Waals surface area contributed by atoms with E-state index in [-0.39, 0.29) is 6.03 Å². The number of hydrogen-bond acceptors (Lipinski definition) is 2. The Balaban J connectivity index is 1.68. The molecule has 0 unspecified atom stereocenters. The number of aromatic nitrogens is 1. The lowest BCUT2D eigenvalue weighted by molar-refractivity contribution is 0.252. The molecule has 0 aliphatic rings. The zero-order valence-electron chi connectivity index (χ0n) is 12.6. The molecule has 2 aromatic carbocycles. The number of nitrogens with zero attached hydrogens (tertiary/aromatic N) is 1. The smallest absolute Gasteiger partial charge is 0.319 e. The average Bonchev–Trinajstić information content (AvgIpc) is 2.56. The van der Waals surface area contributed by atoms with Crippen LogP contribution in [0.15, 0.2) is 59.3 Å². The highest BCUT2D eigenvalue weighted by Crippen LogP contribution is 2.22. The molecule has 1 heterocycles. The number of urea groups is 1. The number of hydrogen-bond donors (Lipinski definition) is 2. The fourth-order valence-corrected chi connectivity index (χ4v) is 2.64. The van der Waals surface area contributed by atoms with Crippen LogP contribution in [0.25, 0.3) is 10.8 Å². The van der Waals surface area contributed by atoms with Gasteiger partial charge < -0.3 is 10.6 Å². The molecule has 4 nitrogen and oxygen atoms in total. The highest BCUT2D eigenvalue weighted by molar-refractivity contribution is 9.10. The average molecular weight is 370 g/mol. The largest absolute Gasteiger partial charge is 0.334 e. The second-order valence-electron chi connectivity index (χ2n) is 5.29. The van der Waals surface area contributed by atoms with E-state index >= 15 is 0 Å². The molecule has 116 valence electrons. The standard InChI is InChI=1S/C18H16BrN3O/c1-12-9-13(5-6-16(12)19)10-21-18(23)22-17-4-2-3-14-11-20-8-7-15(14)17/h2-9,11H,10H2,1H3,(H2,21,22,23). The SMILES string of the molecule is Cc1cc(CNC(=O)Nc2cccc3cnccc23)ccc1Br. The van der Waals surface area contributed by atoms with Crippen molar-refractivity contribution < 1.29 is 4.79 Å². The summed E-state index contributed by atoms with van der Waals surface area (Å²) in [5.74, 6) is 0. The number of anilines is 1. The fraction of sp³-hybridized carbons (Fsp3) is 0.111. The summed E-state index contributed by atoms with van der Waals surface area (Å²) in [6, 6.07) is 13.4. The first-order valence-electron chi connectivity index (χ1n) is 7.26. The van der Waals surface area contributed by atoms with E-state index in [0.717, 1.165) is 32.1 Å². The van der Waals surface area contributed by atoms with E-state index in [1.165, 1.54) is 0 Å². The Morgan fingerprint density at radius 3 is 2.91 bits per heavy atom. The second-order valence-corrected chi connectivity index (χ2v) is 6.15. The summed E-state index contributed by atoms with van der Waals surface area (Å²) in [7, 11) is 0. The third-order valence-corrected chi connectivity index (χ3v) is 4.49. The van der Waals surface area contributed by atoms with Crippen LogP contribution < -0.4 is 10.6 Å². The van der Waals surface area contributed by atoms with E-state index < -0.39 is 0 Å². The van der Waals surface area contributed by atoms with Gasteiger partial charge in [0, 0.05) is 34.2 Å². The Morgan fingerprint density at radius 2 is 2.09 bits per heavy atom. The van der Waals surface area contributed by atoms with Gasteiger partial charge in [0.1, 0.15) is 0 Å². The fourth-order valence-electron chi connectivity index (χ4n) is 2.40. The van der Waals surface area contributed by atoms with Crippen molar-refractivity contribution in [2.75, 3.05) is 5.32 Å². The van der Waals surface area contributed by atoms with Gasteiger partial charge in [0.15, 0.2) is 0 Å². The Bertz CT molecular complexity index is 859. The molecule has 0 bridgehead atoms. The minimum Gasteiger partial charge on any atom is -0.334 e. The number of carbonyl (C=O) groups excluding carboxylic acids is 1. The van der Waals surface area contributed by atoms with Crippen molar-refractivity contribution in [1.29, 1.82) is 0 Å². The molecule has 3 rings (SSSR count). The molecule has 0 atom stereocenters.